The molecule has 3 aromatic heterocycles. The molecule has 3 aliphatic carbocycles. The lowest BCUT2D eigenvalue weighted by Gasteiger charge is -2.61. The molecule has 1 atom stereocenters. The third-order valence-electron chi connectivity index (χ3n) is 6.53. The monoisotopic (exact) mass is 407 g/mol. The minimum absolute atomic E-state index is 0.208. The predicted molar refractivity (Wildman–Crippen MR) is 116 cm³/mol. The molecule has 3 saturated carbocycles. The Kier molecular flexibility index (Phi) is 4.81. The van der Waals surface area contributed by atoms with E-state index in [2.05, 4.69) is 20.6 Å². The Morgan fingerprint density at radius 3 is 2.73 bits per heavy atom. The summed E-state index contributed by atoms with van der Waals surface area (Å²) < 4.78 is 7.56. The van der Waals surface area contributed by atoms with Crippen molar-refractivity contribution in [3.8, 4) is 17.1 Å². The van der Waals surface area contributed by atoms with Crippen molar-refractivity contribution < 1.29 is 4.74 Å². The largest absolute Gasteiger partial charge is 0.495 e. The van der Waals surface area contributed by atoms with Crippen molar-refractivity contribution in [2.75, 3.05) is 25.5 Å². The van der Waals surface area contributed by atoms with Crippen LogP contribution in [0.4, 0.5) is 5.95 Å². The van der Waals surface area contributed by atoms with Gasteiger partial charge in [-0.2, -0.15) is 5.10 Å². The quantitative estimate of drug-likeness (QED) is 0.672. The molecule has 3 aromatic rings. The van der Waals surface area contributed by atoms with Gasteiger partial charge in [0.1, 0.15) is 17.1 Å². The molecule has 8 nitrogen and oxygen atoms in total. The van der Waals surface area contributed by atoms with Crippen LogP contribution in [0.25, 0.3) is 17.0 Å². The van der Waals surface area contributed by atoms with E-state index in [1.54, 1.807) is 13.3 Å². The second kappa shape index (κ2) is 7.50. The maximum atomic E-state index is 5.65. The minimum atomic E-state index is 0.208. The molecule has 2 bridgehead atoms. The summed E-state index contributed by atoms with van der Waals surface area (Å²) >= 11 is 0. The molecule has 1 saturated heterocycles. The fourth-order valence-electron chi connectivity index (χ4n) is 4.90. The number of hydrogen-bond acceptors (Lipinski definition) is 7. The molecule has 2 N–H and O–H groups in total. The van der Waals surface area contributed by atoms with Gasteiger partial charge in [0.15, 0.2) is 5.65 Å². The molecule has 1 unspecified atom stereocenters. The maximum absolute atomic E-state index is 5.65. The van der Waals surface area contributed by atoms with Crippen LogP contribution in [0.3, 0.4) is 0 Å². The van der Waals surface area contributed by atoms with Crippen molar-refractivity contribution in [3.05, 3.63) is 30.2 Å². The summed E-state index contributed by atoms with van der Waals surface area (Å²) in [5.74, 6) is 2.38. The van der Waals surface area contributed by atoms with Gasteiger partial charge in [-0.1, -0.05) is 13.8 Å². The molecule has 4 heterocycles. The van der Waals surface area contributed by atoms with Crippen LogP contribution in [0.5, 0.6) is 5.75 Å². The van der Waals surface area contributed by atoms with E-state index >= 15 is 0 Å². The fourth-order valence-corrected chi connectivity index (χ4v) is 4.90. The first-order chi connectivity index (χ1) is 14.7. The molecule has 7 rings (SSSR count). The Labute approximate surface area is 176 Å². The molecule has 4 aliphatic rings. The van der Waals surface area contributed by atoms with Crippen LogP contribution < -0.4 is 15.4 Å². The Bertz CT molecular complexity index is 1040. The lowest BCUT2D eigenvalue weighted by molar-refractivity contribution is -0.0333. The van der Waals surface area contributed by atoms with E-state index in [0.717, 1.165) is 53.9 Å². The maximum Gasteiger partial charge on any atom is 0.223 e. The zero-order valence-electron chi connectivity index (χ0n) is 17.9. The molecular formula is C22H29N7O. The smallest absolute Gasteiger partial charge is 0.223 e. The molecule has 0 amide bonds. The molecule has 8 heteroatoms. The Balaban J connectivity index is 0.000000937. The molecule has 30 heavy (non-hydrogen) atoms. The Morgan fingerprint density at radius 1 is 1.23 bits per heavy atom. The number of ether oxygens (including phenoxy) is 1. The van der Waals surface area contributed by atoms with E-state index in [4.69, 9.17) is 14.8 Å². The van der Waals surface area contributed by atoms with Gasteiger partial charge in [-0.3, -0.25) is 0 Å². The number of nitrogens with zero attached hydrogens (tertiary/aromatic N) is 5. The first kappa shape index (κ1) is 19.2. The number of nitrogens with one attached hydrogen (secondary N) is 2. The van der Waals surface area contributed by atoms with Crippen LogP contribution in [-0.2, 0) is 5.41 Å². The van der Waals surface area contributed by atoms with Gasteiger partial charge in [0, 0.05) is 30.3 Å². The van der Waals surface area contributed by atoms with E-state index < -0.39 is 0 Å². The van der Waals surface area contributed by atoms with Crippen molar-refractivity contribution in [3.63, 3.8) is 0 Å². The van der Waals surface area contributed by atoms with Gasteiger partial charge >= 0.3 is 0 Å². The van der Waals surface area contributed by atoms with E-state index in [1.807, 2.05) is 36.7 Å². The Morgan fingerprint density at radius 2 is 2.07 bits per heavy atom. The highest BCUT2D eigenvalue weighted by atomic mass is 16.5. The van der Waals surface area contributed by atoms with E-state index in [-0.39, 0.29) is 5.41 Å². The highest BCUT2D eigenvalue weighted by molar-refractivity contribution is 5.62. The summed E-state index contributed by atoms with van der Waals surface area (Å²) in [6, 6.07) is 4.28. The molecule has 1 aliphatic heterocycles. The second-order valence-corrected chi connectivity index (χ2v) is 8.33. The van der Waals surface area contributed by atoms with E-state index in [9.17, 15) is 0 Å². The van der Waals surface area contributed by atoms with Crippen LogP contribution >= 0.6 is 0 Å². The third kappa shape index (κ3) is 3.01. The summed E-state index contributed by atoms with van der Waals surface area (Å²) in [6.07, 6.45) is 8.38. The first-order valence-electron chi connectivity index (χ1n) is 11.0. The van der Waals surface area contributed by atoms with Gasteiger partial charge in [0.2, 0.25) is 5.95 Å². The first-order valence-corrected chi connectivity index (χ1v) is 11.0. The number of methoxy groups -OCH3 is 1. The minimum Gasteiger partial charge on any atom is -0.495 e. The SMILES string of the molecule is CC.COc1cc2ncc(-c3ccnc(NC4CCNC4)n3)n2nc1C12CC(C1)C2. The zero-order valence-corrected chi connectivity index (χ0v) is 17.9. The van der Waals surface area contributed by atoms with Crippen LogP contribution in [0.15, 0.2) is 24.5 Å². The number of rotatable bonds is 5. The van der Waals surface area contributed by atoms with Crippen molar-refractivity contribution in [1.82, 2.24) is 29.9 Å². The average molecular weight is 408 g/mol. The van der Waals surface area contributed by atoms with Gasteiger partial charge in [-0.25, -0.2) is 19.5 Å². The topological polar surface area (TPSA) is 89.3 Å². The lowest BCUT2D eigenvalue weighted by atomic mass is 9.43. The second-order valence-electron chi connectivity index (χ2n) is 8.33. The molecular weight excluding hydrogens is 378 g/mol. The molecule has 158 valence electrons. The summed E-state index contributed by atoms with van der Waals surface area (Å²) in [4.78, 5) is 13.7. The average Bonchev–Trinajstić information content (AvgIpc) is 3.36. The van der Waals surface area contributed by atoms with Crippen molar-refractivity contribution in [2.45, 2.75) is 51.0 Å². The fraction of sp³-hybridized carbons (Fsp3) is 0.545. The summed E-state index contributed by atoms with van der Waals surface area (Å²) in [6.45, 7) is 5.97. The van der Waals surface area contributed by atoms with Gasteiger partial charge in [0.05, 0.1) is 19.0 Å². The normalized spacial score (nSPS) is 26.4. The van der Waals surface area contributed by atoms with Gasteiger partial charge in [-0.05, 0) is 44.2 Å². The summed E-state index contributed by atoms with van der Waals surface area (Å²) in [5.41, 5.74) is 3.74. The molecule has 0 aromatic carbocycles. The van der Waals surface area contributed by atoms with Crippen molar-refractivity contribution in [2.24, 2.45) is 5.92 Å². The van der Waals surface area contributed by atoms with Gasteiger partial charge in [-0.15, -0.1) is 0 Å². The third-order valence-corrected chi connectivity index (χ3v) is 6.53. The Hall–Kier alpha value is -2.74. The van der Waals surface area contributed by atoms with E-state index in [0.29, 0.717) is 12.0 Å². The van der Waals surface area contributed by atoms with Crippen LogP contribution in [0.1, 0.15) is 45.2 Å². The molecule has 0 radical (unpaired) electrons. The number of fused-ring (bicyclic) bond motifs is 1. The number of hydrogen-bond donors (Lipinski definition) is 2. The van der Waals surface area contributed by atoms with Crippen molar-refractivity contribution in [1.29, 1.82) is 0 Å². The highest BCUT2D eigenvalue weighted by Crippen LogP contribution is 2.66. The number of imidazole rings is 1. The van der Waals surface area contributed by atoms with Crippen molar-refractivity contribution >= 4 is 11.6 Å². The standard InChI is InChI=1S/C20H23N7O.C2H6/c1-28-16-6-17-23-11-15(27(17)26-18(16)20-7-12(8-20)9-20)14-3-5-22-19(25-14)24-13-2-4-21-10-13;1-2/h3,5-6,11-13,21H,2,4,7-10H2,1H3,(H,22,24,25);1-2H3. The van der Waals surface area contributed by atoms with Crippen LogP contribution in [0, 0.1) is 5.92 Å². The van der Waals surface area contributed by atoms with Crippen LogP contribution in [-0.4, -0.2) is 50.8 Å². The van der Waals surface area contributed by atoms with Gasteiger partial charge in [0.25, 0.3) is 0 Å². The molecule has 0 spiro atoms. The van der Waals surface area contributed by atoms with Crippen LogP contribution in [0.2, 0.25) is 0 Å². The summed E-state index contributed by atoms with van der Waals surface area (Å²) in [5, 5.41) is 11.8. The number of aromatic nitrogens is 5. The van der Waals surface area contributed by atoms with E-state index in [1.165, 1.54) is 19.3 Å². The van der Waals surface area contributed by atoms with Gasteiger partial charge < -0.3 is 15.4 Å². The predicted octanol–water partition coefficient (Wildman–Crippen LogP) is 3.05. The lowest BCUT2D eigenvalue weighted by Crippen LogP contribution is -2.56. The highest BCUT2D eigenvalue weighted by Gasteiger charge is 2.59. The zero-order chi connectivity index (χ0) is 20.7. The number of anilines is 1. The summed E-state index contributed by atoms with van der Waals surface area (Å²) in [7, 11) is 1.71. The molecule has 4 fully saturated rings.